The molecule has 2 nitrogen and oxygen atoms in total. The van der Waals surface area contributed by atoms with Crippen molar-refractivity contribution in [1.29, 1.82) is 0 Å². The molecule has 0 aromatic rings. The van der Waals surface area contributed by atoms with Gasteiger partial charge in [-0.3, -0.25) is 0 Å². The molecule has 0 amide bonds. The Balaban J connectivity index is 0.000000162. The molecule has 1 fully saturated rings. The normalized spacial score (nSPS) is 28.0. The Morgan fingerprint density at radius 1 is 1.71 bits per heavy atom. The molecule has 0 aliphatic carbocycles. The molecular weight excluding hydrogens is 92.1 g/mol. The fourth-order valence-corrected chi connectivity index (χ4v) is 0.192. The molecule has 0 aromatic heterocycles. The lowest BCUT2D eigenvalue weighted by Crippen LogP contribution is -2.04. The summed E-state index contributed by atoms with van der Waals surface area (Å²) in [5.74, 6) is 0. The van der Waals surface area contributed by atoms with Crippen LogP contribution >= 0.6 is 0 Å². The van der Waals surface area contributed by atoms with Gasteiger partial charge in [-0.1, -0.05) is 0 Å². The summed E-state index contributed by atoms with van der Waals surface area (Å²) < 4.78 is 1.66. The van der Waals surface area contributed by atoms with Gasteiger partial charge in [0, 0.05) is 6.92 Å². The van der Waals surface area contributed by atoms with Crippen LogP contribution in [0.4, 0.5) is 0 Å². The monoisotopic (exact) mass is 102 g/mol. The van der Waals surface area contributed by atoms with Gasteiger partial charge < -0.3 is 9.78 Å². The summed E-state index contributed by atoms with van der Waals surface area (Å²) in [5, 5.41) is 9.72. The van der Waals surface area contributed by atoms with Crippen LogP contribution < -0.4 is 5.26 Å². The van der Waals surface area contributed by atoms with Gasteiger partial charge in [-0.15, -0.1) is 13.2 Å². The standard InChI is InChI=1S/C3H6O2.C2H4/c1-3-2-5(3)4;1-2/h3H,2H2,1H3;1-2H2. The molecule has 1 unspecified atom stereocenters. The smallest absolute Gasteiger partial charge is 0.228 e. The highest BCUT2D eigenvalue weighted by Crippen LogP contribution is 2.13. The van der Waals surface area contributed by atoms with Gasteiger partial charge >= 0.3 is 0 Å². The third kappa shape index (κ3) is 2.37. The third-order valence-electron chi connectivity index (χ3n) is 0.732. The maximum absolute atomic E-state index is 9.72. The van der Waals surface area contributed by atoms with Gasteiger partial charge in [0.25, 0.3) is 0 Å². The maximum atomic E-state index is 9.72. The van der Waals surface area contributed by atoms with E-state index in [1.165, 1.54) is 0 Å². The minimum atomic E-state index is 0.245. The Morgan fingerprint density at radius 2 is 1.86 bits per heavy atom. The summed E-state index contributed by atoms with van der Waals surface area (Å²) >= 11 is 0. The maximum Gasteiger partial charge on any atom is 0.228 e. The second-order valence-corrected chi connectivity index (χ2v) is 1.36. The van der Waals surface area contributed by atoms with Crippen LogP contribution in [0.2, 0.25) is 0 Å². The molecular formula is C5H10O2. The second-order valence-electron chi connectivity index (χ2n) is 1.36. The molecule has 0 aromatic carbocycles. The van der Waals surface area contributed by atoms with Crippen molar-refractivity contribution >= 4 is 0 Å². The second kappa shape index (κ2) is 2.77. The topological polar surface area (TPSA) is 25.8 Å². The largest absolute Gasteiger partial charge is 0.534 e. The minimum Gasteiger partial charge on any atom is -0.534 e. The van der Waals surface area contributed by atoms with Crippen LogP contribution in [0.3, 0.4) is 0 Å². The molecule has 1 rings (SSSR count). The van der Waals surface area contributed by atoms with Gasteiger partial charge in [-0.25, -0.2) is 0 Å². The lowest BCUT2D eigenvalue weighted by Gasteiger charge is -1.88. The van der Waals surface area contributed by atoms with Crippen LogP contribution in [0.15, 0.2) is 13.2 Å². The Bertz CT molecular complexity index is 48.0. The van der Waals surface area contributed by atoms with E-state index in [0.717, 1.165) is 0 Å². The van der Waals surface area contributed by atoms with E-state index < -0.39 is 0 Å². The Labute approximate surface area is 43.7 Å². The molecule has 1 heterocycles. The molecule has 42 valence electrons. The Hall–Kier alpha value is -0.340. The van der Waals surface area contributed by atoms with Crippen molar-refractivity contribution < 1.29 is 9.78 Å². The van der Waals surface area contributed by atoms with Gasteiger partial charge in [0.2, 0.25) is 12.7 Å². The first-order valence-electron chi connectivity index (χ1n) is 2.18. The number of epoxide rings is 1. The van der Waals surface area contributed by atoms with Crippen molar-refractivity contribution in [1.82, 2.24) is 0 Å². The van der Waals surface area contributed by atoms with E-state index >= 15 is 0 Å². The summed E-state index contributed by atoms with van der Waals surface area (Å²) in [6.45, 7) is 8.54. The molecule has 0 radical (unpaired) electrons. The average molecular weight is 102 g/mol. The fraction of sp³-hybridized carbons (Fsp3) is 0.600. The van der Waals surface area contributed by atoms with Crippen molar-refractivity contribution in [2.45, 2.75) is 13.0 Å². The molecule has 0 saturated carbocycles. The zero-order chi connectivity index (χ0) is 5.86. The van der Waals surface area contributed by atoms with Gasteiger partial charge in [0.1, 0.15) is 0 Å². The fourth-order valence-electron chi connectivity index (χ4n) is 0.192. The van der Waals surface area contributed by atoms with Crippen LogP contribution in [0, 0.1) is 0 Å². The molecule has 0 bridgehead atoms. The van der Waals surface area contributed by atoms with E-state index in [0.29, 0.717) is 6.61 Å². The first kappa shape index (κ1) is 6.66. The van der Waals surface area contributed by atoms with Crippen molar-refractivity contribution in [2.24, 2.45) is 0 Å². The van der Waals surface area contributed by atoms with E-state index in [-0.39, 0.29) is 6.10 Å². The SMILES string of the molecule is C=C.CC1C[O+]1[O-]. The van der Waals surface area contributed by atoms with E-state index in [9.17, 15) is 5.26 Å². The quantitative estimate of drug-likeness (QED) is 0.183. The van der Waals surface area contributed by atoms with Crippen molar-refractivity contribution in [3.05, 3.63) is 13.2 Å². The van der Waals surface area contributed by atoms with E-state index in [1.807, 2.05) is 6.92 Å². The summed E-state index contributed by atoms with van der Waals surface area (Å²) in [4.78, 5) is 0. The average Bonchev–Trinajstić information content (AvgIpc) is 2.27. The van der Waals surface area contributed by atoms with Crippen LogP contribution in [0.1, 0.15) is 6.92 Å². The van der Waals surface area contributed by atoms with E-state index in [4.69, 9.17) is 0 Å². The van der Waals surface area contributed by atoms with Crippen LogP contribution in [0.25, 0.3) is 0 Å². The molecule has 1 aliphatic heterocycles. The van der Waals surface area contributed by atoms with Crippen LogP contribution in [-0.2, 0) is 4.52 Å². The highest BCUT2D eigenvalue weighted by atomic mass is 17.3. The molecule has 1 aliphatic rings. The van der Waals surface area contributed by atoms with E-state index in [1.54, 1.807) is 4.52 Å². The Kier molecular flexibility index (Phi) is 2.64. The van der Waals surface area contributed by atoms with Crippen LogP contribution in [-0.4, -0.2) is 12.7 Å². The lowest BCUT2D eigenvalue weighted by atomic mass is 10.6. The summed E-state index contributed by atoms with van der Waals surface area (Å²) in [7, 11) is 0. The molecule has 1 saturated heterocycles. The first-order valence-corrected chi connectivity index (χ1v) is 2.18. The number of hydrogen-bond acceptors (Lipinski definition) is 1. The summed E-state index contributed by atoms with van der Waals surface area (Å²) in [5.41, 5.74) is 0. The Morgan fingerprint density at radius 3 is 1.86 bits per heavy atom. The van der Waals surface area contributed by atoms with Gasteiger partial charge in [0.05, 0.1) is 0 Å². The van der Waals surface area contributed by atoms with Gasteiger partial charge in [-0.05, 0) is 0 Å². The van der Waals surface area contributed by atoms with Crippen molar-refractivity contribution in [3.63, 3.8) is 0 Å². The lowest BCUT2D eigenvalue weighted by molar-refractivity contribution is -0.736. The first-order chi connectivity index (χ1) is 3.30. The molecule has 0 spiro atoms. The highest BCUT2D eigenvalue weighted by molar-refractivity contribution is 4.61. The van der Waals surface area contributed by atoms with E-state index in [2.05, 4.69) is 13.2 Å². The summed E-state index contributed by atoms with van der Waals surface area (Å²) in [6.07, 6.45) is 0.245. The van der Waals surface area contributed by atoms with Crippen molar-refractivity contribution in [3.8, 4) is 0 Å². The zero-order valence-electron chi connectivity index (χ0n) is 4.52. The zero-order valence-corrected chi connectivity index (χ0v) is 4.52. The molecule has 7 heavy (non-hydrogen) atoms. The van der Waals surface area contributed by atoms with Crippen LogP contribution in [0.5, 0.6) is 0 Å². The summed E-state index contributed by atoms with van der Waals surface area (Å²) in [6, 6.07) is 0. The molecule has 1 atom stereocenters. The minimum absolute atomic E-state index is 0.245. The predicted molar refractivity (Wildman–Crippen MR) is 26.7 cm³/mol. The molecule has 2 heteroatoms. The van der Waals surface area contributed by atoms with Crippen molar-refractivity contribution in [2.75, 3.05) is 6.61 Å². The van der Waals surface area contributed by atoms with Gasteiger partial charge in [-0.2, -0.15) is 0 Å². The predicted octanol–water partition coefficient (Wildman–Crippen LogP) is 0.0183. The molecule has 0 N–H and O–H groups in total. The third-order valence-corrected chi connectivity index (χ3v) is 0.732. The highest BCUT2D eigenvalue weighted by Gasteiger charge is 2.31. The number of rotatable bonds is 0. The number of hydrogen-bond donors (Lipinski definition) is 0. The van der Waals surface area contributed by atoms with Gasteiger partial charge in [0.15, 0.2) is 0 Å².